The van der Waals surface area contributed by atoms with Gasteiger partial charge in [-0.15, -0.1) is 0 Å². The molecule has 0 spiro atoms. The van der Waals surface area contributed by atoms with Crippen LogP contribution in [0.5, 0.6) is 0 Å². The molecule has 11 heavy (non-hydrogen) atoms. The van der Waals surface area contributed by atoms with Gasteiger partial charge < -0.3 is 5.73 Å². The van der Waals surface area contributed by atoms with E-state index in [0.29, 0.717) is 0 Å². The van der Waals surface area contributed by atoms with E-state index >= 15 is 0 Å². The molecule has 0 amide bonds. The van der Waals surface area contributed by atoms with Crippen molar-refractivity contribution in [3.05, 3.63) is 32.7 Å². The molecule has 1 atom stereocenters. The Bertz CT molecular complexity index is 258. The first-order valence-corrected chi connectivity index (χ1v) is 4.90. The van der Waals surface area contributed by atoms with Crippen molar-refractivity contribution in [1.29, 1.82) is 0 Å². The van der Waals surface area contributed by atoms with Crippen LogP contribution in [0.15, 0.2) is 27.1 Å². The highest BCUT2D eigenvalue weighted by molar-refractivity contribution is 9.11. The third-order valence-corrected chi connectivity index (χ3v) is 2.63. The first-order chi connectivity index (χ1) is 5.11. The Labute approximate surface area is 83.2 Å². The molecule has 0 radical (unpaired) electrons. The minimum absolute atomic E-state index is 0.0810. The fraction of sp³-hybridized carbons (Fsp3) is 0.250. The number of rotatable bonds is 1. The number of benzene rings is 1. The van der Waals surface area contributed by atoms with Crippen LogP contribution < -0.4 is 5.73 Å². The monoisotopic (exact) mass is 277 g/mol. The van der Waals surface area contributed by atoms with Crippen molar-refractivity contribution in [1.82, 2.24) is 0 Å². The molecule has 0 fully saturated rings. The van der Waals surface area contributed by atoms with Crippen molar-refractivity contribution in [3.63, 3.8) is 0 Å². The first kappa shape index (κ1) is 9.23. The van der Waals surface area contributed by atoms with Crippen molar-refractivity contribution >= 4 is 31.9 Å². The highest BCUT2D eigenvalue weighted by atomic mass is 79.9. The van der Waals surface area contributed by atoms with Crippen molar-refractivity contribution in [2.75, 3.05) is 0 Å². The van der Waals surface area contributed by atoms with Gasteiger partial charge in [0.25, 0.3) is 0 Å². The van der Waals surface area contributed by atoms with Crippen LogP contribution in [0.4, 0.5) is 0 Å². The predicted molar refractivity (Wildman–Crippen MR) is 54.4 cm³/mol. The Morgan fingerprint density at radius 3 is 2.45 bits per heavy atom. The van der Waals surface area contributed by atoms with Gasteiger partial charge in [0.2, 0.25) is 0 Å². The second-order valence-corrected chi connectivity index (χ2v) is 4.22. The summed E-state index contributed by atoms with van der Waals surface area (Å²) in [5.41, 5.74) is 6.85. The molecule has 0 saturated heterocycles. The highest BCUT2D eigenvalue weighted by Gasteiger charge is 2.03. The molecule has 1 aromatic carbocycles. The summed E-state index contributed by atoms with van der Waals surface area (Å²) in [6.07, 6.45) is 0. The molecule has 60 valence electrons. The Kier molecular flexibility index (Phi) is 3.10. The first-order valence-electron chi connectivity index (χ1n) is 3.32. The third-order valence-electron chi connectivity index (χ3n) is 1.45. The van der Waals surface area contributed by atoms with E-state index in [2.05, 4.69) is 31.9 Å². The van der Waals surface area contributed by atoms with Gasteiger partial charge >= 0.3 is 0 Å². The fourth-order valence-corrected chi connectivity index (χ4v) is 2.28. The quantitative estimate of drug-likeness (QED) is 0.839. The predicted octanol–water partition coefficient (Wildman–Crippen LogP) is 3.23. The normalized spacial score (nSPS) is 13.1. The minimum atomic E-state index is 0.0810. The summed E-state index contributed by atoms with van der Waals surface area (Å²) in [5.74, 6) is 0. The molecule has 1 rings (SSSR count). The Morgan fingerprint density at radius 2 is 2.00 bits per heavy atom. The second-order valence-electron chi connectivity index (χ2n) is 2.45. The summed E-state index contributed by atoms with van der Waals surface area (Å²) in [6.45, 7) is 1.97. The second kappa shape index (κ2) is 3.70. The smallest absolute Gasteiger partial charge is 0.0277 e. The molecular formula is C8H9Br2N. The lowest BCUT2D eigenvalue weighted by atomic mass is 10.1. The zero-order valence-corrected chi connectivity index (χ0v) is 9.31. The zero-order valence-electron chi connectivity index (χ0n) is 6.14. The lowest BCUT2D eigenvalue weighted by Crippen LogP contribution is -2.05. The van der Waals surface area contributed by atoms with E-state index in [-0.39, 0.29) is 6.04 Å². The lowest BCUT2D eigenvalue weighted by molar-refractivity contribution is 0.813. The standard InChI is InChI=1S/C8H9Br2N/c1-5(11)7-3-2-6(9)4-8(7)10/h2-5H,11H2,1H3/t5-/m0/s1. The van der Waals surface area contributed by atoms with Crippen LogP contribution in [0, 0.1) is 0 Å². The molecule has 1 nitrogen and oxygen atoms in total. The van der Waals surface area contributed by atoms with Crippen LogP contribution in [0.25, 0.3) is 0 Å². The largest absolute Gasteiger partial charge is 0.324 e. The molecule has 0 bridgehead atoms. The van der Waals surface area contributed by atoms with Crippen molar-refractivity contribution in [3.8, 4) is 0 Å². The van der Waals surface area contributed by atoms with Gasteiger partial charge in [-0.25, -0.2) is 0 Å². The molecule has 0 heterocycles. The molecule has 0 aromatic heterocycles. The van der Waals surface area contributed by atoms with E-state index in [1.807, 2.05) is 25.1 Å². The Balaban J connectivity index is 3.09. The molecule has 0 aliphatic heterocycles. The van der Waals surface area contributed by atoms with E-state index < -0.39 is 0 Å². The zero-order chi connectivity index (χ0) is 8.43. The highest BCUT2D eigenvalue weighted by Crippen LogP contribution is 2.25. The average molecular weight is 279 g/mol. The van der Waals surface area contributed by atoms with Crippen molar-refractivity contribution in [2.45, 2.75) is 13.0 Å². The average Bonchev–Trinajstić information content (AvgIpc) is 1.85. The van der Waals surface area contributed by atoms with Gasteiger partial charge in [-0.05, 0) is 24.6 Å². The Hall–Kier alpha value is 0.140. The van der Waals surface area contributed by atoms with Crippen LogP contribution in [-0.4, -0.2) is 0 Å². The van der Waals surface area contributed by atoms with Gasteiger partial charge in [0.05, 0.1) is 0 Å². The molecule has 0 aliphatic rings. The molecule has 2 N–H and O–H groups in total. The van der Waals surface area contributed by atoms with Gasteiger partial charge in [-0.2, -0.15) is 0 Å². The van der Waals surface area contributed by atoms with Crippen LogP contribution in [0.2, 0.25) is 0 Å². The van der Waals surface area contributed by atoms with E-state index in [1.54, 1.807) is 0 Å². The maximum Gasteiger partial charge on any atom is 0.0277 e. The topological polar surface area (TPSA) is 26.0 Å². The van der Waals surface area contributed by atoms with Gasteiger partial charge in [-0.1, -0.05) is 37.9 Å². The molecule has 0 unspecified atom stereocenters. The van der Waals surface area contributed by atoms with Crippen molar-refractivity contribution in [2.24, 2.45) is 5.73 Å². The van der Waals surface area contributed by atoms with E-state index in [4.69, 9.17) is 5.73 Å². The van der Waals surface area contributed by atoms with Crippen LogP contribution in [0.3, 0.4) is 0 Å². The van der Waals surface area contributed by atoms with Crippen LogP contribution in [0.1, 0.15) is 18.5 Å². The lowest BCUT2D eigenvalue weighted by Gasteiger charge is -2.07. The van der Waals surface area contributed by atoms with Gasteiger partial charge in [-0.3, -0.25) is 0 Å². The fourth-order valence-electron chi connectivity index (χ4n) is 0.871. The SMILES string of the molecule is C[C@H](N)c1ccc(Br)cc1Br. The molecule has 1 aromatic rings. The van der Waals surface area contributed by atoms with Gasteiger partial charge in [0.1, 0.15) is 0 Å². The van der Waals surface area contributed by atoms with Gasteiger partial charge in [0, 0.05) is 15.0 Å². The maximum atomic E-state index is 5.72. The summed E-state index contributed by atoms with van der Waals surface area (Å²) in [5, 5.41) is 0. The minimum Gasteiger partial charge on any atom is -0.324 e. The molecule has 3 heteroatoms. The number of hydrogen-bond acceptors (Lipinski definition) is 1. The Morgan fingerprint density at radius 1 is 1.36 bits per heavy atom. The van der Waals surface area contributed by atoms with E-state index in [9.17, 15) is 0 Å². The maximum absolute atomic E-state index is 5.72. The summed E-state index contributed by atoms with van der Waals surface area (Å²) in [7, 11) is 0. The van der Waals surface area contributed by atoms with E-state index in [1.165, 1.54) is 0 Å². The molecule has 0 saturated carbocycles. The van der Waals surface area contributed by atoms with E-state index in [0.717, 1.165) is 14.5 Å². The number of hydrogen-bond donors (Lipinski definition) is 1. The summed E-state index contributed by atoms with van der Waals surface area (Å²) in [6, 6.07) is 6.08. The van der Waals surface area contributed by atoms with Crippen LogP contribution >= 0.6 is 31.9 Å². The molecular weight excluding hydrogens is 270 g/mol. The number of nitrogens with two attached hydrogens (primary N) is 1. The summed E-state index contributed by atoms with van der Waals surface area (Å²) < 4.78 is 2.12. The van der Waals surface area contributed by atoms with Crippen LogP contribution in [-0.2, 0) is 0 Å². The summed E-state index contributed by atoms with van der Waals surface area (Å²) in [4.78, 5) is 0. The van der Waals surface area contributed by atoms with Crippen molar-refractivity contribution < 1.29 is 0 Å². The van der Waals surface area contributed by atoms with Gasteiger partial charge in [0.15, 0.2) is 0 Å². The summed E-state index contributed by atoms with van der Waals surface area (Å²) >= 11 is 6.81. The number of halogens is 2. The molecule has 0 aliphatic carbocycles. The third kappa shape index (κ3) is 2.29.